The summed E-state index contributed by atoms with van der Waals surface area (Å²) < 4.78 is 0. The summed E-state index contributed by atoms with van der Waals surface area (Å²) in [4.78, 5) is 4.90. The first kappa shape index (κ1) is 15.6. The number of hydrogen-bond acceptors (Lipinski definition) is 2. The van der Waals surface area contributed by atoms with Crippen molar-refractivity contribution < 1.29 is 0 Å². The fourth-order valence-electron chi connectivity index (χ4n) is 7.98. The number of nitrogens with one attached hydrogen (secondary N) is 1. The van der Waals surface area contributed by atoms with Gasteiger partial charge >= 0.3 is 0 Å². The molecule has 2 heteroatoms. The lowest BCUT2D eigenvalue weighted by Gasteiger charge is -2.57. The van der Waals surface area contributed by atoms with E-state index in [-0.39, 0.29) is 0 Å². The summed E-state index contributed by atoms with van der Waals surface area (Å²) in [5.41, 5.74) is 2.79. The summed E-state index contributed by atoms with van der Waals surface area (Å²) in [6.45, 7) is 4.99. The highest BCUT2D eigenvalue weighted by Gasteiger charge is 2.62. The lowest BCUT2D eigenvalue weighted by atomic mass is 9.47. The molecule has 1 aliphatic heterocycles. The van der Waals surface area contributed by atoms with Gasteiger partial charge in [0.25, 0.3) is 0 Å². The smallest absolute Gasteiger partial charge is 0.0504 e. The Morgan fingerprint density at radius 2 is 1.92 bits per heavy atom. The molecule has 0 aromatic rings. The van der Waals surface area contributed by atoms with Gasteiger partial charge in [-0.15, -0.1) is 0 Å². The Morgan fingerprint density at radius 3 is 2.75 bits per heavy atom. The van der Waals surface area contributed by atoms with E-state index < -0.39 is 0 Å². The maximum Gasteiger partial charge on any atom is 0.0504 e. The van der Waals surface area contributed by atoms with E-state index in [0.717, 1.165) is 29.7 Å². The van der Waals surface area contributed by atoms with Crippen LogP contribution in [0.2, 0.25) is 0 Å². The van der Waals surface area contributed by atoms with Crippen molar-refractivity contribution in [2.45, 2.75) is 77.3 Å². The number of aliphatic imine (C=N–C) groups is 1. The third-order valence-electron chi connectivity index (χ3n) is 9.30. The van der Waals surface area contributed by atoms with Crippen LogP contribution >= 0.6 is 0 Å². The van der Waals surface area contributed by atoms with Crippen LogP contribution < -0.4 is 5.32 Å². The van der Waals surface area contributed by atoms with E-state index in [0.29, 0.717) is 16.9 Å². The molecule has 5 rings (SSSR count). The maximum atomic E-state index is 4.90. The van der Waals surface area contributed by atoms with Crippen LogP contribution in [0.3, 0.4) is 0 Å². The zero-order valence-electron chi connectivity index (χ0n) is 15.7. The SMILES string of the molecule is CNC1CC[C@@]2(C)C(=CCC3C4CCC5C(C)N=CC54CCC32)C1. The van der Waals surface area contributed by atoms with E-state index in [9.17, 15) is 0 Å². The molecule has 0 bridgehead atoms. The molecule has 0 aromatic carbocycles. The van der Waals surface area contributed by atoms with E-state index in [4.69, 9.17) is 4.99 Å². The van der Waals surface area contributed by atoms with Gasteiger partial charge in [-0.1, -0.05) is 18.6 Å². The molecule has 24 heavy (non-hydrogen) atoms. The number of fused-ring (bicyclic) bond motifs is 4. The molecule has 5 aliphatic rings. The summed E-state index contributed by atoms with van der Waals surface area (Å²) >= 11 is 0. The molecule has 4 aliphatic carbocycles. The van der Waals surface area contributed by atoms with Crippen molar-refractivity contribution >= 4 is 6.21 Å². The topological polar surface area (TPSA) is 24.4 Å². The molecular weight excluding hydrogens is 292 g/mol. The average molecular weight is 327 g/mol. The quantitative estimate of drug-likeness (QED) is 0.699. The number of nitrogens with zero attached hydrogens (tertiary/aromatic N) is 1. The minimum atomic E-state index is 0.491. The van der Waals surface area contributed by atoms with Crippen molar-refractivity contribution in [3.8, 4) is 0 Å². The highest BCUT2D eigenvalue weighted by atomic mass is 14.9. The summed E-state index contributed by atoms with van der Waals surface area (Å²) in [6, 6.07) is 1.30. The van der Waals surface area contributed by atoms with Crippen LogP contribution in [0.15, 0.2) is 16.6 Å². The molecule has 7 unspecified atom stereocenters. The third-order valence-corrected chi connectivity index (χ3v) is 9.30. The maximum absolute atomic E-state index is 4.90. The summed E-state index contributed by atoms with van der Waals surface area (Å²) in [7, 11) is 2.14. The van der Waals surface area contributed by atoms with Gasteiger partial charge in [-0.05, 0) is 94.4 Å². The molecule has 1 heterocycles. The Balaban J connectivity index is 1.48. The molecule has 3 saturated carbocycles. The van der Waals surface area contributed by atoms with Crippen LogP contribution in [-0.4, -0.2) is 25.3 Å². The molecule has 2 nitrogen and oxygen atoms in total. The molecule has 1 N–H and O–H groups in total. The van der Waals surface area contributed by atoms with Gasteiger partial charge in [-0.3, -0.25) is 4.99 Å². The van der Waals surface area contributed by atoms with Gasteiger partial charge in [0.2, 0.25) is 0 Å². The highest BCUT2D eigenvalue weighted by Crippen LogP contribution is 2.67. The zero-order chi connectivity index (χ0) is 16.5. The minimum Gasteiger partial charge on any atom is -0.317 e. The Kier molecular flexibility index (Phi) is 3.38. The van der Waals surface area contributed by atoms with Crippen LogP contribution in [0.1, 0.15) is 65.2 Å². The first-order chi connectivity index (χ1) is 11.6. The standard InChI is InChI=1S/C22H34N2/c1-14-18-6-7-20-17-5-4-15-12-16(23-3)8-10-21(15,2)19(17)9-11-22(18,20)13-24-14/h4,13-14,16-20,23H,5-12H2,1-3H3/t14?,16?,17?,18?,19?,20?,21-,22?/m0/s1. The van der Waals surface area contributed by atoms with Crippen LogP contribution in [0.5, 0.6) is 0 Å². The van der Waals surface area contributed by atoms with E-state index in [2.05, 4.69) is 38.5 Å². The van der Waals surface area contributed by atoms with Gasteiger partial charge in [0, 0.05) is 17.7 Å². The Bertz CT molecular complexity index is 593. The van der Waals surface area contributed by atoms with Gasteiger partial charge < -0.3 is 5.32 Å². The van der Waals surface area contributed by atoms with E-state index in [1.807, 2.05) is 0 Å². The third kappa shape index (κ3) is 1.84. The molecule has 0 saturated heterocycles. The first-order valence-electron chi connectivity index (χ1n) is 10.5. The lowest BCUT2D eigenvalue weighted by Crippen LogP contribution is -2.52. The largest absolute Gasteiger partial charge is 0.317 e. The molecule has 1 spiro atoms. The number of rotatable bonds is 1. The Morgan fingerprint density at radius 1 is 1.08 bits per heavy atom. The predicted octanol–water partition coefficient (Wildman–Crippen LogP) is 4.61. The van der Waals surface area contributed by atoms with Gasteiger partial charge in [0.05, 0.1) is 6.04 Å². The monoisotopic (exact) mass is 326 g/mol. The molecular formula is C22H34N2. The van der Waals surface area contributed by atoms with E-state index in [1.54, 1.807) is 5.57 Å². The van der Waals surface area contributed by atoms with Crippen LogP contribution in [0, 0.1) is 34.5 Å². The highest BCUT2D eigenvalue weighted by molar-refractivity contribution is 5.71. The second kappa shape index (κ2) is 5.19. The molecule has 8 atom stereocenters. The van der Waals surface area contributed by atoms with Gasteiger partial charge in [-0.25, -0.2) is 0 Å². The van der Waals surface area contributed by atoms with Crippen molar-refractivity contribution in [3.63, 3.8) is 0 Å². The zero-order valence-corrected chi connectivity index (χ0v) is 15.7. The Hall–Kier alpha value is -0.630. The lowest BCUT2D eigenvalue weighted by molar-refractivity contribution is -0.0157. The molecule has 0 radical (unpaired) electrons. The normalized spacial score (nSPS) is 55.4. The second-order valence-corrected chi connectivity index (χ2v) is 9.84. The van der Waals surface area contributed by atoms with Crippen LogP contribution in [0.4, 0.5) is 0 Å². The van der Waals surface area contributed by atoms with Crippen LogP contribution in [0.25, 0.3) is 0 Å². The summed E-state index contributed by atoms with van der Waals surface area (Å²) in [5.74, 6) is 3.66. The summed E-state index contributed by atoms with van der Waals surface area (Å²) in [6.07, 6.45) is 16.3. The molecule has 3 fully saturated rings. The van der Waals surface area contributed by atoms with Gasteiger partial charge in [0.1, 0.15) is 0 Å². The average Bonchev–Trinajstić information content (AvgIpc) is 3.12. The number of hydrogen-bond donors (Lipinski definition) is 1. The van der Waals surface area contributed by atoms with Crippen molar-refractivity contribution in [2.75, 3.05) is 7.05 Å². The van der Waals surface area contributed by atoms with Crippen molar-refractivity contribution in [2.24, 2.45) is 39.5 Å². The second-order valence-electron chi connectivity index (χ2n) is 9.84. The number of allylic oxidation sites excluding steroid dienone is 1. The van der Waals surface area contributed by atoms with Crippen LogP contribution in [-0.2, 0) is 0 Å². The van der Waals surface area contributed by atoms with Gasteiger partial charge in [-0.2, -0.15) is 0 Å². The van der Waals surface area contributed by atoms with Crippen molar-refractivity contribution in [3.05, 3.63) is 11.6 Å². The predicted molar refractivity (Wildman–Crippen MR) is 100 cm³/mol. The van der Waals surface area contributed by atoms with Crippen molar-refractivity contribution in [1.29, 1.82) is 0 Å². The van der Waals surface area contributed by atoms with Gasteiger partial charge in [0.15, 0.2) is 0 Å². The van der Waals surface area contributed by atoms with E-state index >= 15 is 0 Å². The minimum absolute atomic E-state index is 0.491. The summed E-state index contributed by atoms with van der Waals surface area (Å²) in [5, 5.41) is 3.54. The van der Waals surface area contributed by atoms with E-state index in [1.165, 1.54) is 51.4 Å². The first-order valence-corrected chi connectivity index (χ1v) is 10.5. The van der Waals surface area contributed by atoms with Crippen molar-refractivity contribution in [1.82, 2.24) is 5.32 Å². The molecule has 132 valence electrons. The molecule has 0 aromatic heterocycles. The fraction of sp³-hybridized carbons (Fsp3) is 0.864. The fourth-order valence-corrected chi connectivity index (χ4v) is 7.98. The Labute approximate surface area is 147 Å². The molecule has 0 amide bonds.